The molecule has 0 spiro atoms. The van der Waals surface area contributed by atoms with Gasteiger partial charge in [0.25, 0.3) is 0 Å². The van der Waals surface area contributed by atoms with Gasteiger partial charge in [0, 0.05) is 17.0 Å². The van der Waals surface area contributed by atoms with Crippen LogP contribution in [0.5, 0.6) is 0 Å². The van der Waals surface area contributed by atoms with Crippen molar-refractivity contribution in [1.82, 2.24) is 10.2 Å². The third kappa shape index (κ3) is 5.64. The molecule has 0 bridgehead atoms. The Hall–Kier alpha value is -0.380. The first-order valence-electron chi connectivity index (χ1n) is 7.60. The van der Waals surface area contributed by atoms with Crippen molar-refractivity contribution in [2.24, 2.45) is 0 Å². The van der Waals surface area contributed by atoms with E-state index < -0.39 is 0 Å². The number of hydrogen-bond donors (Lipinski definition) is 1. The maximum Gasteiger partial charge on any atom is 0.0390 e. The maximum absolute atomic E-state index is 3.72. The van der Waals surface area contributed by atoms with Gasteiger partial charge in [-0.05, 0) is 70.3 Å². The first-order chi connectivity index (χ1) is 9.08. The van der Waals surface area contributed by atoms with Gasteiger partial charge in [-0.2, -0.15) is 0 Å². The van der Waals surface area contributed by atoms with E-state index in [2.05, 4.69) is 56.3 Å². The third-order valence-corrected chi connectivity index (χ3v) is 5.04. The largest absolute Gasteiger partial charge is 0.307 e. The molecule has 0 saturated heterocycles. The number of nitrogens with zero attached hydrogens (tertiary/aromatic N) is 1. The van der Waals surface area contributed by atoms with Crippen LogP contribution in [-0.2, 0) is 0 Å². The Morgan fingerprint density at radius 1 is 1.26 bits per heavy atom. The monoisotopic (exact) mass is 282 g/mol. The fraction of sp³-hybridized carbons (Fsp3) is 0.750. The average molecular weight is 282 g/mol. The van der Waals surface area contributed by atoms with Crippen molar-refractivity contribution in [2.75, 3.05) is 19.6 Å². The predicted octanol–water partition coefficient (Wildman–Crippen LogP) is 4.22. The minimum Gasteiger partial charge on any atom is -0.307 e. The molecule has 0 fully saturated rings. The average Bonchev–Trinajstić information content (AvgIpc) is 2.81. The van der Waals surface area contributed by atoms with Gasteiger partial charge in [-0.15, -0.1) is 11.3 Å². The van der Waals surface area contributed by atoms with E-state index in [0.717, 1.165) is 0 Å². The summed E-state index contributed by atoms with van der Waals surface area (Å²) in [7, 11) is 0. The Bertz CT molecular complexity index is 344. The molecule has 1 aromatic heterocycles. The molecule has 0 radical (unpaired) electrons. The molecule has 1 aromatic rings. The SMILES string of the molecule is CCN(CC)CCCC(C)NC(C)c1sccc1C. The summed E-state index contributed by atoms with van der Waals surface area (Å²) in [6.45, 7) is 14.8. The van der Waals surface area contributed by atoms with E-state index in [0.29, 0.717) is 12.1 Å². The summed E-state index contributed by atoms with van der Waals surface area (Å²) in [4.78, 5) is 3.98. The molecule has 1 rings (SSSR count). The van der Waals surface area contributed by atoms with Gasteiger partial charge in [0.2, 0.25) is 0 Å². The lowest BCUT2D eigenvalue weighted by Crippen LogP contribution is -2.30. The highest BCUT2D eigenvalue weighted by Crippen LogP contribution is 2.24. The molecule has 3 heteroatoms. The molecular formula is C16H30N2S. The first kappa shape index (κ1) is 16.7. The quantitative estimate of drug-likeness (QED) is 0.729. The number of rotatable bonds is 9. The Morgan fingerprint density at radius 3 is 2.47 bits per heavy atom. The molecule has 2 unspecified atom stereocenters. The van der Waals surface area contributed by atoms with Crippen molar-refractivity contribution in [1.29, 1.82) is 0 Å². The van der Waals surface area contributed by atoms with Crippen molar-refractivity contribution >= 4 is 11.3 Å². The summed E-state index contributed by atoms with van der Waals surface area (Å²) in [6.07, 6.45) is 2.54. The van der Waals surface area contributed by atoms with E-state index in [9.17, 15) is 0 Å². The minimum absolute atomic E-state index is 0.475. The lowest BCUT2D eigenvalue weighted by molar-refractivity contribution is 0.288. The van der Waals surface area contributed by atoms with E-state index in [1.165, 1.54) is 42.9 Å². The molecule has 0 aliphatic rings. The summed E-state index contributed by atoms with van der Waals surface area (Å²) >= 11 is 1.86. The lowest BCUT2D eigenvalue weighted by atomic mass is 10.1. The predicted molar refractivity (Wildman–Crippen MR) is 87.1 cm³/mol. The van der Waals surface area contributed by atoms with E-state index in [-0.39, 0.29) is 0 Å². The normalized spacial score (nSPS) is 14.8. The Balaban J connectivity index is 2.27. The fourth-order valence-electron chi connectivity index (χ4n) is 2.57. The summed E-state index contributed by atoms with van der Waals surface area (Å²) < 4.78 is 0. The minimum atomic E-state index is 0.475. The summed E-state index contributed by atoms with van der Waals surface area (Å²) in [6, 6.07) is 3.28. The van der Waals surface area contributed by atoms with Crippen LogP contribution >= 0.6 is 11.3 Å². The molecule has 0 aliphatic carbocycles. The highest BCUT2D eigenvalue weighted by molar-refractivity contribution is 7.10. The second-order valence-electron chi connectivity index (χ2n) is 5.43. The van der Waals surface area contributed by atoms with Gasteiger partial charge in [-0.25, -0.2) is 0 Å². The number of thiophene rings is 1. The van der Waals surface area contributed by atoms with E-state index in [4.69, 9.17) is 0 Å². The van der Waals surface area contributed by atoms with Crippen LogP contribution in [0, 0.1) is 6.92 Å². The molecule has 19 heavy (non-hydrogen) atoms. The molecule has 2 nitrogen and oxygen atoms in total. The standard InChI is InChI=1S/C16H30N2S/c1-6-18(7-2)11-8-9-14(4)17-15(5)16-13(3)10-12-19-16/h10,12,14-15,17H,6-9,11H2,1-5H3. The van der Waals surface area contributed by atoms with Crippen LogP contribution in [-0.4, -0.2) is 30.6 Å². The highest BCUT2D eigenvalue weighted by atomic mass is 32.1. The molecular weight excluding hydrogens is 252 g/mol. The van der Waals surface area contributed by atoms with Crippen molar-refractivity contribution in [3.05, 3.63) is 21.9 Å². The van der Waals surface area contributed by atoms with Gasteiger partial charge in [0.1, 0.15) is 0 Å². The van der Waals surface area contributed by atoms with Crippen LogP contribution in [0.1, 0.15) is 57.0 Å². The van der Waals surface area contributed by atoms with Crippen LogP contribution < -0.4 is 5.32 Å². The smallest absolute Gasteiger partial charge is 0.0390 e. The summed E-state index contributed by atoms with van der Waals surface area (Å²) in [5, 5.41) is 5.91. The van der Waals surface area contributed by atoms with Crippen molar-refractivity contribution < 1.29 is 0 Å². The van der Waals surface area contributed by atoms with Gasteiger partial charge in [-0.3, -0.25) is 0 Å². The zero-order chi connectivity index (χ0) is 14.3. The highest BCUT2D eigenvalue weighted by Gasteiger charge is 2.12. The van der Waals surface area contributed by atoms with E-state index >= 15 is 0 Å². The molecule has 110 valence electrons. The second kappa shape index (κ2) is 8.72. The van der Waals surface area contributed by atoms with Crippen molar-refractivity contribution in [3.63, 3.8) is 0 Å². The molecule has 2 atom stereocenters. The molecule has 1 N–H and O–H groups in total. The van der Waals surface area contributed by atoms with Crippen LogP contribution in [0.2, 0.25) is 0 Å². The molecule has 0 saturated carbocycles. The maximum atomic E-state index is 3.72. The van der Waals surface area contributed by atoms with Gasteiger partial charge in [0.15, 0.2) is 0 Å². The van der Waals surface area contributed by atoms with Crippen LogP contribution in [0.25, 0.3) is 0 Å². The zero-order valence-electron chi connectivity index (χ0n) is 13.2. The molecule has 0 amide bonds. The van der Waals surface area contributed by atoms with Crippen LogP contribution in [0.4, 0.5) is 0 Å². The van der Waals surface area contributed by atoms with Crippen LogP contribution in [0.15, 0.2) is 11.4 Å². The zero-order valence-corrected chi connectivity index (χ0v) is 14.0. The van der Waals surface area contributed by atoms with Crippen molar-refractivity contribution in [2.45, 2.75) is 59.5 Å². The molecule has 0 aliphatic heterocycles. The molecule has 1 heterocycles. The molecule has 0 aromatic carbocycles. The lowest BCUT2D eigenvalue weighted by Gasteiger charge is -2.22. The Kier molecular flexibility index (Phi) is 7.66. The fourth-order valence-corrected chi connectivity index (χ4v) is 3.52. The number of nitrogens with one attached hydrogen (secondary N) is 1. The van der Waals surface area contributed by atoms with Gasteiger partial charge < -0.3 is 10.2 Å². The summed E-state index contributed by atoms with van der Waals surface area (Å²) in [5.41, 5.74) is 1.42. The Labute approximate surface area is 123 Å². The number of aryl methyl sites for hydroxylation is 1. The van der Waals surface area contributed by atoms with Gasteiger partial charge >= 0.3 is 0 Å². The topological polar surface area (TPSA) is 15.3 Å². The first-order valence-corrected chi connectivity index (χ1v) is 8.48. The van der Waals surface area contributed by atoms with E-state index in [1.807, 2.05) is 11.3 Å². The van der Waals surface area contributed by atoms with Gasteiger partial charge in [0.05, 0.1) is 0 Å². The van der Waals surface area contributed by atoms with Gasteiger partial charge in [-0.1, -0.05) is 13.8 Å². The van der Waals surface area contributed by atoms with E-state index in [1.54, 1.807) is 0 Å². The second-order valence-corrected chi connectivity index (χ2v) is 6.37. The third-order valence-electron chi connectivity index (χ3n) is 3.84. The van der Waals surface area contributed by atoms with Crippen molar-refractivity contribution in [3.8, 4) is 0 Å². The Morgan fingerprint density at radius 2 is 1.95 bits per heavy atom. The van der Waals surface area contributed by atoms with Crippen LogP contribution in [0.3, 0.4) is 0 Å². The summed E-state index contributed by atoms with van der Waals surface area (Å²) in [5.74, 6) is 0. The number of hydrogen-bond acceptors (Lipinski definition) is 3.